The van der Waals surface area contributed by atoms with E-state index < -0.39 is 23.0 Å². The Labute approximate surface area is 201 Å². The largest absolute Gasteiger partial charge is 0.455 e. The number of amides is 2. The summed E-state index contributed by atoms with van der Waals surface area (Å²) < 4.78 is 7.09. The van der Waals surface area contributed by atoms with E-state index in [0.29, 0.717) is 37.3 Å². The minimum Gasteiger partial charge on any atom is -0.455 e. The highest BCUT2D eigenvalue weighted by molar-refractivity contribution is 5.90. The minimum absolute atomic E-state index is 0.0932. The SMILES string of the molecule is Cn1c(C(=O)OC(C)(C)C)cnc1CN1C(=O)CCC(C)(C)C1C(=O)NCCc1ccccc1. The Morgan fingerprint density at radius 3 is 2.53 bits per heavy atom. The van der Waals surface area contributed by atoms with Crippen LogP contribution in [0.15, 0.2) is 36.5 Å². The van der Waals surface area contributed by atoms with Crippen molar-refractivity contribution < 1.29 is 19.1 Å². The molecule has 0 spiro atoms. The number of esters is 1. The molecular weight excluding hydrogens is 432 g/mol. The first-order chi connectivity index (χ1) is 15.9. The summed E-state index contributed by atoms with van der Waals surface area (Å²) in [6.45, 7) is 10.1. The van der Waals surface area contributed by atoms with Crippen LogP contribution in [0.2, 0.25) is 0 Å². The molecule has 1 N–H and O–H groups in total. The number of carbonyl (C=O) groups is 3. The molecule has 1 aromatic heterocycles. The van der Waals surface area contributed by atoms with Crippen LogP contribution in [0.5, 0.6) is 0 Å². The predicted molar refractivity (Wildman–Crippen MR) is 129 cm³/mol. The van der Waals surface area contributed by atoms with Gasteiger partial charge in [0, 0.05) is 20.0 Å². The van der Waals surface area contributed by atoms with E-state index in [0.717, 1.165) is 5.56 Å². The van der Waals surface area contributed by atoms with E-state index in [1.165, 1.54) is 6.20 Å². The van der Waals surface area contributed by atoms with E-state index in [9.17, 15) is 14.4 Å². The third-order valence-corrected chi connectivity index (χ3v) is 6.16. The normalized spacial score (nSPS) is 18.0. The van der Waals surface area contributed by atoms with Crippen LogP contribution < -0.4 is 5.32 Å². The molecule has 2 amide bonds. The summed E-state index contributed by atoms with van der Waals surface area (Å²) in [5.74, 6) is -0.219. The fourth-order valence-corrected chi connectivity index (χ4v) is 4.29. The molecule has 0 radical (unpaired) electrons. The molecule has 8 nitrogen and oxygen atoms in total. The summed E-state index contributed by atoms with van der Waals surface area (Å²) in [6.07, 6.45) is 3.16. The number of rotatable bonds is 7. The lowest BCUT2D eigenvalue weighted by molar-refractivity contribution is -0.152. The Morgan fingerprint density at radius 2 is 1.88 bits per heavy atom. The summed E-state index contributed by atoms with van der Waals surface area (Å²) in [5, 5.41) is 3.02. The van der Waals surface area contributed by atoms with Crippen molar-refractivity contribution in [2.24, 2.45) is 12.5 Å². The van der Waals surface area contributed by atoms with Crippen molar-refractivity contribution in [3.63, 3.8) is 0 Å². The molecule has 2 heterocycles. The first-order valence-corrected chi connectivity index (χ1v) is 11.7. The van der Waals surface area contributed by atoms with E-state index in [4.69, 9.17) is 4.74 Å². The van der Waals surface area contributed by atoms with Crippen molar-refractivity contribution in [3.8, 4) is 0 Å². The second-order valence-corrected chi connectivity index (χ2v) is 10.6. The van der Waals surface area contributed by atoms with Crippen molar-refractivity contribution in [1.29, 1.82) is 0 Å². The fourth-order valence-electron chi connectivity index (χ4n) is 4.29. The van der Waals surface area contributed by atoms with Gasteiger partial charge in [-0.3, -0.25) is 9.59 Å². The molecule has 2 aromatic rings. The van der Waals surface area contributed by atoms with E-state index in [1.54, 1.807) is 37.3 Å². The second-order valence-electron chi connectivity index (χ2n) is 10.6. The molecule has 1 saturated heterocycles. The number of hydrogen-bond acceptors (Lipinski definition) is 5. The number of likely N-dealkylation sites (tertiary alicyclic amines) is 1. The predicted octanol–water partition coefficient (Wildman–Crippen LogP) is 3.25. The molecule has 3 rings (SSSR count). The zero-order valence-corrected chi connectivity index (χ0v) is 21.1. The zero-order chi connectivity index (χ0) is 25.1. The van der Waals surface area contributed by atoms with Crippen LogP contribution in [-0.4, -0.2) is 50.4 Å². The lowest BCUT2D eigenvalue weighted by Crippen LogP contribution is -2.59. The average Bonchev–Trinajstić information content (AvgIpc) is 3.10. The molecule has 0 aliphatic carbocycles. The number of aromatic nitrogens is 2. The molecular formula is C26H36N4O4. The van der Waals surface area contributed by atoms with E-state index in [1.807, 2.05) is 44.2 Å². The van der Waals surface area contributed by atoms with Gasteiger partial charge in [0.25, 0.3) is 0 Å². The third kappa shape index (κ3) is 6.04. The van der Waals surface area contributed by atoms with Gasteiger partial charge in [0.1, 0.15) is 23.2 Å². The van der Waals surface area contributed by atoms with Crippen molar-refractivity contribution >= 4 is 17.8 Å². The van der Waals surface area contributed by atoms with Gasteiger partial charge >= 0.3 is 5.97 Å². The van der Waals surface area contributed by atoms with Crippen LogP contribution in [-0.2, 0) is 34.3 Å². The molecule has 1 aliphatic rings. The fraction of sp³-hybridized carbons (Fsp3) is 0.538. The summed E-state index contributed by atoms with van der Waals surface area (Å²) >= 11 is 0. The maximum atomic E-state index is 13.3. The summed E-state index contributed by atoms with van der Waals surface area (Å²) in [6, 6.07) is 9.32. The van der Waals surface area contributed by atoms with Crippen molar-refractivity contribution in [2.75, 3.05) is 6.54 Å². The van der Waals surface area contributed by atoms with Gasteiger partial charge in [-0.2, -0.15) is 0 Å². The number of imidazole rings is 1. The summed E-state index contributed by atoms with van der Waals surface area (Å²) in [5.41, 5.74) is 0.417. The van der Waals surface area contributed by atoms with Crippen LogP contribution in [0.25, 0.3) is 0 Å². The highest BCUT2D eigenvalue weighted by Gasteiger charge is 2.45. The smallest absolute Gasteiger partial charge is 0.357 e. The number of benzene rings is 1. The minimum atomic E-state index is -0.633. The number of nitrogens with zero attached hydrogens (tertiary/aromatic N) is 3. The Balaban J connectivity index is 1.76. The number of ether oxygens (including phenoxy) is 1. The van der Waals surface area contributed by atoms with Gasteiger partial charge < -0.3 is 19.5 Å². The summed E-state index contributed by atoms with van der Waals surface area (Å²) in [4.78, 5) is 44.8. The van der Waals surface area contributed by atoms with Crippen LogP contribution in [0.1, 0.15) is 69.3 Å². The molecule has 1 atom stereocenters. The highest BCUT2D eigenvalue weighted by Crippen LogP contribution is 2.36. The monoisotopic (exact) mass is 468 g/mol. The van der Waals surface area contributed by atoms with Crippen molar-refractivity contribution in [2.45, 2.75) is 72.1 Å². The van der Waals surface area contributed by atoms with Crippen LogP contribution in [0.4, 0.5) is 0 Å². The third-order valence-electron chi connectivity index (χ3n) is 6.16. The van der Waals surface area contributed by atoms with Gasteiger partial charge in [-0.25, -0.2) is 9.78 Å². The zero-order valence-electron chi connectivity index (χ0n) is 21.1. The van der Waals surface area contributed by atoms with Crippen LogP contribution >= 0.6 is 0 Å². The molecule has 8 heteroatoms. The Bertz CT molecular complexity index is 1040. The number of nitrogens with one attached hydrogen (secondary N) is 1. The number of hydrogen-bond donors (Lipinski definition) is 1. The van der Waals surface area contributed by atoms with Gasteiger partial charge in [0.2, 0.25) is 11.8 Å². The number of carbonyl (C=O) groups excluding carboxylic acids is 3. The average molecular weight is 469 g/mol. The van der Waals surface area contributed by atoms with Crippen molar-refractivity contribution in [3.05, 3.63) is 53.6 Å². The maximum absolute atomic E-state index is 13.3. The van der Waals surface area contributed by atoms with Gasteiger partial charge in [0.15, 0.2) is 0 Å². The van der Waals surface area contributed by atoms with Gasteiger partial charge in [-0.1, -0.05) is 44.2 Å². The van der Waals surface area contributed by atoms with Gasteiger partial charge in [-0.05, 0) is 44.6 Å². The van der Waals surface area contributed by atoms with E-state index >= 15 is 0 Å². The summed E-state index contributed by atoms with van der Waals surface area (Å²) in [7, 11) is 1.72. The van der Waals surface area contributed by atoms with Gasteiger partial charge in [0.05, 0.1) is 12.7 Å². The second kappa shape index (κ2) is 9.99. The lowest BCUT2D eigenvalue weighted by Gasteiger charge is -2.45. The quantitative estimate of drug-likeness (QED) is 0.630. The van der Waals surface area contributed by atoms with E-state index in [2.05, 4.69) is 10.3 Å². The Morgan fingerprint density at radius 1 is 1.21 bits per heavy atom. The first-order valence-electron chi connectivity index (χ1n) is 11.7. The molecule has 1 unspecified atom stereocenters. The molecule has 1 aliphatic heterocycles. The maximum Gasteiger partial charge on any atom is 0.357 e. The lowest BCUT2D eigenvalue weighted by atomic mass is 9.75. The highest BCUT2D eigenvalue weighted by atomic mass is 16.6. The first kappa shape index (κ1) is 25.5. The molecule has 34 heavy (non-hydrogen) atoms. The van der Waals surface area contributed by atoms with Crippen molar-refractivity contribution in [1.82, 2.24) is 19.8 Å². The van der Waals surface area contributed by atoms with Crippen LogP contribution in [0.3, 0.4) is 0 Å². The van der Waals surface area contributed by atoms with Crippen LogP contribution in [0, 0.1) is 5.41 Å². The topological polar surface area (TPSA) is 93.5 Å². The Kier molecular flexibility index (Phi) is 7.48. The molecule has 1 aromatic carbocycles. The molecule has 0 saturated carbocycles. The molecule has 184 valence electrons. The standard InChI is InChI=1S/C26H36N4O4/c1-25(2,3)34-24(33)19-16-28-20(29(19)6)17-30-21(31)12-14-26(4,5)22(30)23(32)27-15-13-18-10-8-7-9-11-18/h7-11,16,22H,12-15,17H2,1-6H3,(H,27,32). The van der Waals surface area contributed by atoms with E-state index in [-0.39, 0.29) is 18.4 Å². The number of piperidine rings is 1. The van der Waals surface area contributed by atoms with Gasteiger partial charge in [-0.15, -0.1) is 0 Å². The molecule has 1 fully saturated rings. The molecule has 0 bridgehead atoms. The Hall–Kier alpha value is -3.16.